The van der Waals surface area contributed by atoms with Crippen LogP contribution in [0, 0.1) is 0 Å². The summed E-state index contributed by atoms with van der Waals surface area (Å²) in [5.74, 6) is 1.89. The average Bonchev–Trinajstić information content (AvgIpc) is 3.00. The molecule has 1 atom stereocenters. The number of aryl methyl sites for hydroxylation is 1. The van der Waals surface area contributed by atoms with Gasteiger partial charge in [0.05, 0.1) is 7.11 Å². The van der Waals surface area contributed by atoms with Crippen LogP contribution in [0.5, 0.6) is 5.75 Å². The highest BCUT2D eigenvalue weighted by molar-refractivity contribution is 5.37. The lowest BCUT2D eigenvalue weighted by Gasteiger charge is -2.26. The third kappa shape index (κ3) is 2.99. The van der Waals surface area contributed by atoms with Gasteiger partial charge in [-0.05, 0) is 42.5 Å². The van der Waals surface area contributed by atoms with Crippen molar-refractivity contribution < 1.29 is 4.74 Å². The highest BCUT2D eigenvalue weighted by atomic mass is 16.5. The fourth-order valence-electron chi connectivity index (χ4n) is 2.78. The highest BCUT2D eigenvalue weighted by Gasteiger charge is 2.18. The van der Waals surface area contributed by atoms with Crippen molar-refractivity contribution in [3.05, 3.63) is 41.5 Å². The first-order valence-electron chi connectivity index (χ1n) is 7.08. The summed E-state index contributed by atoms with van der Waals surface area (Å²) < 4.78 is 5.31. The van der Waals surface area contributed by atoms with E-state index in [1.165, 1.54) is 17.5 Å². The molecular formula is C15H20N4O. The zero-order valence-electron chi connectivity index (χ0n) is 11.7. The van der Waals surface area contributed by atoms with Gasteiger partial charge < -0.3 is 10.1 Å². The largest absolute Gasteiger partial charge is 0.497 e. The van der Waals surface area contributed by atoms with Crippen molar-refractivity contribution in [2.45, 2.75) is 31.7 Å². The van der Waals surface area contributed by atoms with E-state index in [1.807, 2.05) is 0 Å². The van der Waals surface area contributed by atoms with Crippen molar-refractivity contribution in [3.8, 4) is 5.75 Å². The van der Waals surface area contributed by atoms with Gasteiger partial charge >= 0.3 is 0 Å². The third-order valence-electron chi connectivity index (χ3n) is 3.90. The Hall–Kier alpha value is -1.88. The van der Waals surface area contributed by atoms with Gasteiger partial charge in [0, 0.05) is 19.0 Å². The van der Waals surface area contributed by atoms with Crippen LogP contribution in [0.1, 0.15) is 23.4 Å². The molecular weight excluding hydrogens is 252 g/mol. The van der Waals surface area contributed by atoms with Crippen LogP contribution in [0.4, 0.5) is 0 Å². The van der Waals surface area contributed by atoms with Crippen LogP contribution in [0.2, 0.25) is 0 Å². The van der Waals surface area contributed by atoms with Crippen LogP contribution in [-0.2, 0) is 19.3 Å². The molecule has 0 saturated carbocycles. The molecule has 1 unspecified atom stereocenters. The maximum Gasteiger partial charge on any atom is 0.137 e. The number of aromatic amines is 1. The van der Waals surface area contributed by atoms with Gasteiger partial charge in [-0.3, -0.25) is 5.10 Å². The zero-order valence-corrected chi connectivity index (χ0v) is 11.7. The Morgan fingerprint density at radius 1 is 1.40 bits per heavy atom. The van der Waals surface area contributed by atoms with E-state index < -0.39 is 0 Å². The summed E-state index contributed by atoms with van der Waals surface area (Å²) in [5.41, 5.74) is 2.87. The fourth-order valence-corrected chi connectivity index (χ4v) is 2.78. The predicted molar refractivity (Wildman–Crippen MR) is 76.9 cm³/mol. The second kappa shape index (κ2) is 6.05. The average molecular weight is 272 g/mol. The molecule has 1 aromatic carbocycles. The molecule has 2 N–H and O–H groups in total. The molecule has 1 aliphatic carbocycles. The number of rotatable bonds is 5. The van der Waals surface area contributed by atoms with E-state index in [0.717, 1.165) is 37.4 Å². The molecule has 2 aromatic rings. The summed E-state index contributed by atoms with van der Waals surface area (Å²) in [4.78, 5) is 4.13. The summed E-state index contributed by atoms with van der Waals surface area (Å²) in [7, 11) is 1.72. The molecule has 0 aliphatic heterocycles. The molecule has 5 nitrogen and oxygen atoms in total. The maximum absolute atomic E-state index is 5.31. The van der Waals surface area contributed by atoms with Crippen LogP contribution in [-0.4, -0.2) is 34.9 Å². The van der Waals surface area contributed by atoms with E-state index in [-0.39, 0.29) is 0 Å². The zero-order chi connectivity index (χ0) is 13.8. The Labute approximate surface area is 118 Å². The minimum absolute atomic E-state index is 0.539. The topological polar surface area (TPSA) is 62.8 Å². The molecule has 1 aromatic heterocycles. The maximum atomic E-state index is 5.31. The van der Waals surface area contributed by atoms with Gasteiger partial charge in [-0.1, -0.05) is 6.07 Å². The summed E-state index contributed by atoms with van der Waals surface area (Å²) in [6.45, 7) is 0.930. The summed E-state index contributed by atoms with van der Waals surface area (Å²) in [6, 6.07) is 6.95. The van der Waals surface area contributed by atoms with Crippen molar-refractivity contribution in [1.29, 1.82) is 0 Å². The number of hydrogen-bond acceptors (Lipinski definition) is 4. The number of methoxy groups -OCH3 is 1. The van der Waals surface area contributed by atoms with Crippen molar-refractivity contribution in [2.24, 2.45) is 0 Å². The lowest BCUT2D eigenvalue weighted by atomic mass is 9.88. The summed E-state index contributed by atoms with van der Waals surface area (Å²) in [5, 5.41) is 10.4. The van der Waals surface area contributed by atoms with Crippen LogP contribution >= 0.6 is 0 Å². The molecule has 106 valence electrons. The molecule has 5 heteroatoms. The first-order chi connectivity index (χ1) is 9.85. The normalized spacial score (nSPS) is 17.8. The van der Waals surface area contributed by atoms with E-state index >= 15 is 0 Å². The quantitative estimate of drug-likeness (QED) is 0.866. The molecule has 0 spiro atoms. The van der Waals surface area contributed by atoms with Gasteiger partial charge in [0.1, 0.15) is 17.9 Å². The van der Waals surface area contributed by atoms with Crippen molar-refractivity contribution in [2.75, 3.05) is 13.7 Å². The van der Waals surface area contributed by atoms with E-state index in [2.05, 4.69) is 38.7 Å². The van der Waals surface area contributed by atoms with Crippen molar-refractivity contribution in [3.63, 3.8) is 0 Å². The van der Waals surface area contributed by atoms with E-state index in [1.54, 1.807) is 13.4 Å². The molecule has 3 rings (SSSR count). The highest BCUT2D eigenvalue weighted by Crippen LogP contribution is 2.25. The third-order valence-corrected chi connectivity index (χ3v) is 3.90. The first kappa shape index (κ1) is 13.1. The van der Waals surface area contributed by atoms with Crippen LogP contribution in [0.3, 0.4) is 0 Å². The predicted octanol–water partition coefficient (Wildman–Crippen LogP) is 1.50. The number of benzene rings is 1. The van der Waals surface area contributed by atoms with Crippen molar-refractivity contribution >= 4 is 0 Å². The number of nitrogens with zero attached hydrogens (tertiary/aromatic N) is 2. The second-order valence-electron chi connectivity index (χ2n) is 5.21. The summed E-state index contributed by atoms with van der Waals surface area (Å²) in [6.07, 6.45) is 5.85. The van der Waals surface area contributed by atoms with Gasteiger partial charge in [-0.15, -0.1) is 0 Å². The number of H-pyrrole nitrogens is 1. The molecule has 0 fully saturated rings. The number of ether oxygens (including phenoxy) is 1. The number of fused-ring (bicyclic) bond motifs is 1. The second-order valence-corrected chi connectivity index (χ2v) is 5.21. The Morgan fingerprint density at radius 3 is 3.15 bits per heavy atom. The lowest BCUT2D eigenvalue weighted by molar-refractivity contribution is 0.411. The molecule has 0 saturated heterocycles. The minimum atomic E-state index is 0.539. The van der Waals surface area contributed by atoms with E-state index in [9.17, 15) is 0 Å². The standard InChI is InChI=1S/C15H20N4O/c1-20-14-5-3-11-2-4-13(8-12(11)9-14)16-7-6-15-17-10-18-19-15/h3,5,9-10,13,16H,2,4,6-8H2,1H3,(H,17,18,19). The van der Waals surface area contributed by atoms with E-state index in [4.69, 9.17) is 4.74 Å². The minimum Gasteiger partial charge on any atom is -0.497 e. The molecule has 20 heavy (non-hydrogen) atoms. The van der Waals surface area contributed by atoms with E-state index in [0.29, 0.717) is 6.04 Å². The van der Waals surface area contributed by atoms with Gasteiger partial charge in [0.25, 0.3) is 0 Å². The molecule has 0 radical (unpaired) electrons. The summed E-state index contributed by atoms with van der Waals surface area (Å²) >= 11 is 0. The van der Waals surface area contributed by atoms with Gasteiger partial charge in [-0.2, -0.15) is 5.10 Å². The molecule has 1 aliphatic rings. The number of aromatic nitrogens is 3. The molecule has 1 heterocycles. The lowest BCUT2D eigenvalue weighted by Crippen LogP contribution is -2.35. The molecule has 0 bridgehead atoms. The van der Waals surface area contributed by atoms with Gasteiger partial charge in [0.15, 0.2) is 0 Å². The first-order valence-corrected chi connectivity index (χ1v) is 7.08. The van der Waals surface area contributed by atoms with Gasteiger partial charge in [-0.25, -0.2) is 4.98 Å². The Balaban J connectivity index is 1.55. The Bertz CT molecular complexity index is 553. The van der Waals surface area contributed by atoms with Crippen LogP contribution in [0.15, 0.2) is 24.5 Å². The Kier molecular flexibility index (Phi) is 3.97. The van der Waals surface area contributed by atoms with Crippen molar-refractivity contribution in [1.82, 2.24) is 20.5 Å². The Morgan fingerprint density at radius 2 is 2.35 bits per heavy atom. The SMILES string of the molecule is COc1ccc2c(c1)CC(NCCc1ncn[nH]1)CC2. The molecule has 0 amide bonds. The fraction of sp³-hybridized carbons (Fsp3) is 0.467. The number of nitrogens with one attached hydrogen (secondary N) is 2. The number of hydrogen-bond donors (Lipinski definition) is 2. The van der Waals surface area contributed by atoms with Gasteiger partial charge in [0.2, 0.25) is 0 Å². The van der Waals surface area contributed by atoms with Crippen LogP contribution < -0.4 is 10.1 Å². The smallest absolute Gasteiger partial charge is 0.137 e. The van der Waals surface area contributed by atoms with Crippen LogP contribution in [0.25, 0.3) is 0 Å². The monoisotopic (exact) mass is 272 g/mol.